The molecule has 24 heavy (non-hydrogen) atoms. The number of benzene rings is 2. The van der Waals surface area contributed by atoms with Gasteiger partial charge in [0.15, 0.2) is 0 Å². The largest absolute Gasteiger partial charge is 0.324 e. The average molecular weight is 368 g/mol. The molecule has 2 aromatic rings. The van der Waals surface area contributed by atoms with Gasteiger partial charge in [-0.15, -0.1) is 11.8 Å². The Kier molecular flexibility index (Phi) is 5.98. The monoisotopic (exact) mass is 368 g/mol. The van der Waals surface area contributed by atoms with Crippen LogP contribution in [0.5, 0.6) is 0 Å². The number of anilines is 1. The molecule has 1 N–H and O–H groups in total. The van der Waals surface area contributed by atoms with E-state index >= 15 is 0 Å². The molecule has 128 valence electrons. The standard InChI is InChI=1S/C16H17FN2O3S2/c1-19(24(21,22)13-7-5-6-12(17)10-13)11-16(20)18-14-8-3-4-9-15(14)23-2/h3-10H,11H2,1-2H3,(H,18,20). The molecule has 0 unspecified atom stereocenters. The normalized spacial score (nSPS) is 11.5. The number of nitrogens with zero attached hydrogens (tertiary/aromatic N) is 1. The molecule has 0 bridgehead atoms. The van der Waals surface area contributed by atoms with Gasteiger partial charge in [-0.2, -0.15) is 4.31 Å². The molecular weight excluding hydrogens is 351 g/mol. The van der Waals surface area contributed by atoms with E-state index in [1.165, 1.54) is 30.9 Å². The molecule has 0 spiro atoms. The van der Waals surface area contributed by atoms with Gasteiger partial charge in [-0.05, 0) is 36.6 Å². The Morgan fingerprint density at radius 2 is 1.92 bits per heavy atom. The zero-order chi connectivity index (χ0) is 17.7. The van der Waals surface area contributed by atoms with Crippen LogP contribution in [0, 0.1) is 5.82 Å². The molecule has 1 amide bonds. The van der Waals surface area contributed by atoms with Gasteiger partial charge in [0.1, 0.15) is 5.82 Å². The molecular formula is C16H17FN2O3S2. The van der Waals surface area contributed by atoms with Crippen LogP contribution in [0.4, 0.5) is 10.1 Å². The Labute approximate surface area is 144 Å². The molecule has 0 aliphatic carbocycles. The number of hydrogen-bond acceptors (Lipinski definition) is 4. The highest BCUT2D eigenvalue weighted by molar-refractivity contribution is 7.98. The highest BCUT2D eigenvalue weighted by Gasteiger charge is 2.23. The van der Waals surface area contributed by atoms with Gasteiger partial charge in [0, 0.05) is 11.9 Å². The van der Waals surface area contributed by atoms with E-state index in [9.17, 15) is 17.6 Å². The van der Waals surface area contributed by atoms with Gasteiger partial charge in [-0.25, -0.2) is 12.8 Å². The van der Waals surface area contributed by atoms with Gasteiger partial charge in [0.2, 0.25) is 15.9 Å². The summed E-state index contributed by atoms with van der Waals surface area (Å²) in [4.78, 5) is 12.8. The second kappa shape index (κ2) is 7.78. The third-order valence-electron chi connectivity index (χ3n) is 3.25. The molecule has 0 aliphatic heterocycles. The van der Waals surface area contributed by atoms with Gasteiger partial charge < -0.3 is 5.32 Å². The van der Waals surface area contributed by atoms with E-state index < -0.39 is 21.7 Å². The summed E-state index contributed by atoms with van der Waals surface area (Å²) in [5.41, 5.74) is 0.617. The predicted molar refractivity (Wildman–Crippen MR) is 93.1 cm³/mol. The first kappa shape index (κ1) is 18.4. The van der Waals surface area contributed by atoms with E-state index in [1.54, 1.807) is 12.1 Å². The van der Waals surface area contributed by atoms with Crippen LogP contribution in [0.2, 0.25) is 0 Å². The first-order chi connectivity index (χ1) is 11.3. The van der Waals surface area contributed by atoms with Crippen LogP contribution in [-0.2, 0) is 14.8 Å². The zero-order valence-electron chi connectivity index (χ0n) is 13.2. The Balaban J connectivity index is 2.11. The number of halogens is 1. The Morgan fingerprint density at radius 1 is 1.21 bits per heavy atom. The van der Waals surface area contributed by atoms with Crippen molar-refractivity contribution in [2.75, 3.05) is 25.2 Å². The average Bonchev–Trinajstić information content (AvgIpc) is 2.55. The number of rotatable bonds is 6. The molecule has 0 heterocycles. The van der Waals surface area contributed by atoms with E-state index in [1.807, 2.05) is 18.4 Å². The molecule has 0 saturated heterocycles. The number of para-hydroxylation sites is 1. The molecule has 2 rings (SSSR count). The molecule has 0 aromatic heterocycles. The number of hydrogen-bond donors (Lipinski definition) is 1. The highest BCUT2D eigenvalue weighted by Crippen LogP contribution is 2.24. The maximum absolute atomic E-state index is 13.2. The molecule has 0 atom stereocenters. The van der Waals surface area contributed by atoms with Crippen molar-refractivity contribution in [3.8, 4) is 0 Å². The maximum Gasteiger partial charge on any atom is 0.243 e. The zero-order valence-corrected chi connectivity index (χ0v) is 14.8. The van der Waals surface area contributed by atoms with Crippen molar-refractivity contribution in [3.63, 3.8) is 0 Å². The number of nitrogens with one attached hydrogen (secondary N) is 1. The first-order valence-electron chi connectivity index (χ1n) is 6.99. The number of amides is 1. The van der Waals surface area contributed by atoms with Crippen LogP contribution in [-0.4, -0.2) is 38.5 Å². The Hall–Kier alpha value is -1.90. The summed E-state index contributed by atoms with van der Waals surface area (Å²) in [7, 11) is -2.66. The van der Waals surface area contributed by atoms with E-state index in [4.69, 9.17) is 0 Å². The lowest BCUT2D eigenvalue weighted by atomic mass is 10.3. The summed E-state index contributed by atoms with van der Waals surface area (Å²) in [5.74, 6) is -1.12. The van der Waals surface area contributed by atoms with Gasteiger partial charge in [0.05, 0.1) is 17.1 Å². The number of likely N-dealkylation sites (N-methyl/N-ethyl adjacent to an activating group) is 1. The minimum atomic E-state index is -3.94. The van der Waals surface area contributed by atoms with Crippen molar-refractivity contribution in [2.45, 2.75) is 9.79 Å². The van der Waals surface area contributed by atoms with Crippen molar-refractivity contribution in [1.29, 1.82) is 0 Å². The SMILES string of the molecule is CSc1ccccc1NC(=O)CN(C)S(=O)(=O)c1cccc(F)c1. The van der Waals surface area contributed by atoms with Gasteiger partial charge in [-0.3, -0.25) is 4.79 Å². The van der Waals surface area contributed by atoms with Crippen molar-refractivity contribution in [3.05, 3.63) is 54.3 Å². The lowest BCUT2D eigenvalue weighted by molar-refractivity contribution is -0.116. The fourth-order valence-corrected chi connectivity index (χ4v) is 3.75. The summed E-state index contributed by atoms with van der Waals surface area (Å²) in [5, 5.41) is 2.69. The molecule has 0 aliphatic rings. The molecule has 5 nitrogen and oxygen atoms in total. The Bertz CT molecular complexity index is 841. The number of carbonyl (C=O) groups excluding carboxylic acids is 1. The van der Waals surface area contributed by atoms with Crippen LogP contribution in [0.25, 0.3) is 0 Å². The summed E-state index contributed by atoms with van der Waals surface area (Å²) in [6.07, 6.45) is 1.88. The summed E-state index contributed by atoms with van der Waals surface area (Å²) in [6, 6.07) is 11.9. The minimum absolute atomic E-state index is 0.192. The van der Waals surface area contributed by atoms with Crippen LogP contribution < -0.4 is 5.32 Å². The van der Waals surface area contributed by atoms with Crippen molar-refractivity contribution in [1.82, 2.24) is 4.31 Å². The fourth-order valence-electron chi connectivity index (χ4n) is 2.03. The molecule has 0 saturated carbocycles. The Morgan fingerprint density at radius 3 is 2.58 bits per heavy atom. The second-order valence-corrected chi connectivity index (χ2v) is 7.86. The topological polar surface area (TPSA) is 66.5 Å². The second-order valence-electron chi connectivity index (χ2n) is 4.97. The van der Waals surface area contributed by atoms with Crippen LogP contribution in [0.15, 0.2) is 58.3 Å². The van der Waals surface area contributed by atoms with Crippen LogP contribution >= 0.6 is 11.8 Å². The van der Waals surface area contributed by atoms with Crippen LogP contribution in [0.1, 0.15) is 0 Å². The lowest BCUT2D eigenvalue weighted by Crippen LogP contribution is -2.35. The van der Waals surface area contributed by atoms with Crippen LogP contribution in [0.3, 0.4) is 0 Å². The lowest BCUT2D eigenvalue weighted by Gasteiger charge is -2.17. The van der Waals surface area contributed by atoms with E-state index in [-0.39, 0.29) is 11.4 Å². The highest BCUT2D eigenvalue weighted by atomic mass is 32.2. The predicted octanol–water partition coefficient (Wildman–Crippen LogP) is 2.81. The maximum atomic E-state index is 13.2. The molecule has 0 fully saturated rings. The van der Waals surface area contributed by atoms with Gasteiger partial charge in [0.25, 0.3) is 0 Å². The number of sulfonamides is 1. The third-order valence-corrected chi connectivity index (χ3v) is 5.85. The summed E-state index contributed by atoms with van der Waals surface area (Å²) >= 11 is 1.47. The summed E-state index contributed by atoms with van der Waals surface area (Å²) < 4.78 is 38.9. The van der Waals surface area contributed by atoms with E-state index in [0.717, 1.165) is 21.3 Å². The van der Waals surface area contributed by atoms with Gasteiger partial charge >= 0.3 is 0 Å². The van der Waals surface area contributed by atoms with Crippen molar-refractivity contribution in [2.24, 2.45) is 0 Å². The molecule has 0 radical (unpaired) electrons. The third kappa shape index (κ3) is 4.34. The smallest absolute Gasteiger partial charge is 0.243 e. The summed E-state index contributed by atoms with van der Waals surface area (Å²) in [6.45, 7) is -0.373. The van der Waals surface area contributed by atoms with Crippen molar-refractivity contribution < 1.29 is 17.6 Å². The van der Waals surface area contributed by atoms with E-state index in [2.05, 4.69) is 5.32 Å². The van der Waals surface area contributed by atoms with Gasteiger partial charge in [-0.1, -0.05) is 18.2 Å². The van der Waals surface area contributed by atoms with Crippen molar-refractivity contribution >= 4 is 33.4 Å². The first-order valence-corrected chi connectivity index (χ1v) is 9.66. The number of thioether (sulfide) groups is 1. The fraction of sp³-hybridized carbons (Fsp3) is 0.188. The van der Waals surface area contributed by atoms with E-state index in [0.29, 0.717) is 5.69 Å². The molecule has 8 heteroatoms. The quantitative estimate of drug-likeness (QED) is 0.796. The molecule has 2 aromatic carbocycles. The minimum Gasteiger partial charge on any atom is -0.324 e. The number of carbonyl (C=O) groups is 1.